The molecule has 0 spiro atoms. The number of rotatable bonds is 5. The van der Waals surface area contributed by atoms with Gasteiger partial charge in [0.05, 0.1) is 17.6 Å². The molecule has 1 fully saturated rings. The summed E-state index contributed by atoms with van der Waals surface area (Å²) >= 11 is 0. The molecular formula is C20H22FN7O. The van der Waals surface area contributed by atoms with Crippen molar-refractivity contribution < 1.29 is 9.18 Å². The van der Waals surface area contributed by atoms with Crippen molar-refractivity contribution in [3.8, 4) is 11.3 Å². The van der Waals surface area contributed by atoms with Crippen LogP contribution in [0.4, 0.5) is 21.8 Å². The van der Waals surface area contributed by atoms with E-state index in [1.54, 1.807) is 29.2 Å². The van der Waals surface area contributed by atoms with Crippen LogP contribution < -0.4 is 16.0 Å². The highest BCUT2D eigenvalue weighted by Gasteiger charge is 2.17. The van der Waals surface area contributed by atoms with Crippen molar-refractivity contribution in [2.45, 2.75) is 26.3 Å². The summed E-state index contributed by atoms with van der Waals surface area (Å²) < 4.78 is 16.0. The van der Waals surface area contributed by atoms with Crippen LogP contribution in [0.15, 0.2) is 36.7 Å². The number of anilines is 3. The maximum absolute atomic E-state index is 14.3. The zero-order chi connectivity index (χ0) is 20.4. The monoisotopic (exact) mass is 395 g/mol. The largest absolute Gasteiger partial charge is 0.368 e. The Hall–Kier alpha value is -3.49. The average molecular weight is 395 g/mol. The highest BCUT2D eigenvalue weighted by molar-refractivity contribution is 6.04. The molecule has 3 aromatic rings. The van der Waals surface area contributed by atoms with Gasteiger partial charge in [0.2, 0.25) is 5.95 Å². The second-order valence-electron chi connectivity index (χ2n) is 6.93. The Morgan fingerprint density at radius 2 is 2.00 bits per heavy atom. The van der Waals surface area contributed by atoms with Crippen LogP contribution in [0.5, 0.6) is 0 Å². The third-order valence-electron chi connectivity index (χ3n) is 4.83. The lowest BCUT2D eigenvalue weighted by Gasteiger charge is -2.17. The Labute approximate surface area is 167 Å². The minimum Gasteiger partial charge on any atom is -0.368 e. The first-order valence-corrected chi connectivity index (χ1v) is 9.56. The molecule has 9 heteroatoms. The topological polar surface area (TPSA) is 102 Å². The number of hydrogen-bond acceptors (Lipinski definition) is 6. The van der Waals surface area contributed by atoms with Crippen LogP contribution in [0, 0.1) is 5.82 Å². The first-order valence-electron chi connectivity index (χ1n) is 9.56. The summed E-state index contributed by atoms with van der Waals surface area (Å²) in [6.45, 7) is 4.44. The van der Waals surface area contributed by atoms with Gasteiger partial charge in [-0.05, 0) is 38.0 Å². The molecule has 0 atom stereocenters. The summed E-state index contributed by atoms with van der Waals surface area (Å²) in [5, 5.41) is 6.85. The molecule has 8 nitrogen and oxygen atoms in total. The number of carbonyl (C=O) groups is 1. The van der Waals surface area contributed by atoms with Crippen LogP contribution in [0.25, 0.3) is 11.3 Å². The maximum atomic E-state index is 14.3. The van der Waals surface area contributed by atoms with Crippen molar-refractivity contribution in [3.05, 3.63) is 48.0 Å². The van der Waals surface area contributed by atoms with E-state index in [1.165, 1.54) is 12.1 Å². The number of nitrogen functional groups attached to an aromatic ring is 1. The minimum atomic E-state index is -0.531. The third kappa shape index (κ3) is 4.18. The average Bonchev–Trinajstić information content (AvgIpc) is 3.39. The first kappa shape index (κ1) is 18.9. The smallest absolute Gasteiger partial charge is 0.255 e. The number of amides is 1. The van der Waals surface area contributed by atoms with Gasteiger partial charge in [-0.1, -0.05) is 0 Å². The number of nitrogens with one attached hydrogen (secondary N) is 1. The van der Waals surface area contributed by atoms with Gasteiger partial charge in [0.15, 0.2) is 0 Å². The molecule has 2 aromatic heterocycles. The maximum Gasteiger partial charge on any atom is 0.255 e. The molecular weight excluding hydrogens is 373 g/mol. The van der Waals surface area contributed by atoms with Crippen molar-refractivity contribution in [2.24, 2.45) is 0 Å². The summed E-state index contributed by atoms with van der Waals surface area (Å²) in [7, 11) is 0. The van der Waals surface area contributed by atoms with Gasteiger partial charge in [0.25, 0.3) is 5.91 Å². The number of nitrogens with two attached hydrogens (primary N) is 1. The standard InChI is InChI=1S/C20H22FN7O/c1-2-28-12-16(11-23-28)24-19(29)14-7-13(8-15(21)9-14)17-10-18(26-20(22)25-17)27-5-3-4-6-27/h7-12H,2-6H2,1H3,(H,24,29)(H2,22,25,26). The van der Waals surface area contributed by atoms with Crippen LogP contribution in [0.1, 0.15) is 30.1 Å². The molecule has 0 unspecified atom stereocenters. The van der Waals surface area contributed by atoms with Crippen LogP contribution in [-0.2, 0) is 6.54 Å². The van der Waals surface area contributed by atoms with Gasteiger partial charge in [-0.3, -0.25) is 9.48 Å². The van der Waals surface area contributed by atoms with E-state index in [9.17, 15) is 9.18 Å². The molecule has 1 saturated heterocycles. The Morgan fingerprint density at radius 3 is 2.72 bits per heavy atom. The number of halogens is 1. The van der Waals surface area contributed by atoms with E-state index in [1.807, 2.05) is 6.92 Å². The van der Waals surface area contributed by atoms with Crippen LogP contribution in [0.2, 0.25) is 0 Å². The van der Waals surface area contributed by atoms with Crippen molar-refractivity contribution in [3.63, 3.8) is 0 Å². The second kappa shape index (κ2) is 7.86. The number of hydrogen-bond donors (Lipinski definition) is 2. The lowest BCUT2D eigenvalue weighted by molar-refractivity contribution is 0.102. The van der Waals surface area contributed by atoms with E-state index in [4.69, 9.17) is 5.73 Å². The fraction of sp³-hybridized carbons (Fsp3) is 0.300. The van der Waals surface area contributed by atoms with Crippen molar-refractivity contribution in [1.29, 1.82) is 0 Å². The fourth-order valence-electron chi connectivity index (χ4n) is 3.38. The van der Waals surface area contributed by atoms with Crippen molar-refractivity contribution in [1.82, 2.24) is 19.7 Å². The molecule has 0 saturated carbocycles. The van der Waals surface area contributed by atoms with E-state index in [0.29, 0.717) is 29.3 Å². The predicted molar refractivity (Wildman–Crippen MR) is 109 cm³/mol. The molecule has 1 aromatic carbocycles. The molecule has 4 rings (SSSR count). The summed E-state index contributed by atoms with van der Waals surface area (Å²) in [6, 6.07) is 5.90. The van der Waals surface area contributed by atoms with Gasteiger partial charge >= 0.3 is 0 Å². The Bertz CT molecular complexity index is 1040. The van der Waals surface area contributed by atoms with E-state index in [2.05, 4.69) is 25.3 Å². The summed E-state index contributed by atoms with van der Waals surface area (Å²) in [4.78, 5) is 23.3. The zero-order valence-corrected chi connectivity index (χ0v) is 16.1. The SMILES string of the molecule is CCn1cc(NC(=O)c2cc(F)cc(-c3cc(N4CCCC4)nc(N)n3)c2)cn1. The molecule has 1 amide bonds. The Morgan fingerprint density at radius 1 is 1.21 bits per heavy atom. The van der Waals surface area contributed by atoms with Gasteiger partial charge in [-0.25, -0.2) is 9.37 Å². The number of nitrogens with zero attached hydrogens (tertiary/aromatic N) is 5. The van der Waals surface area contributed by atoms with Gasteiger partial charge in [0.1, 0.15) is 11.6 Å². The molecule has 3 N–H and O–H groups in total. The lowest BCUT2D eigenvalue weighted by atomic mass is 10.1. The molecule has 0 radical (unpaired) electrons. The van der Waals surface area contributed by atoms with Crippen molar-refractivity contribution >= 4 is 23.4 Å². The Balaban J connectivity index is 1.63. The quantitative estimate of drug-likeness (QED) is 0.689. The first-order chi connectivity index (χ1) is 14.0. The van der Waals surface area contributed by atoms with Crippen LogP contribution in [-0.4, -0.2) is 38.7 Å². The highest BCUT2D eigenvalue weighted by atomic mass is 19.1. The third-order valence-corrected chi connectivity index (χ3v) is 4.83. The predicted octanol–water partition coefficient (Wildman–Crippen LogP) is 2.93. The molecule has 29 heavy (non-hydrogen) atoms. The molecule has 150 valence electrons. The normalized spacial score (nSPS) is 13.7. The van der Waals surface area contributed by atoms with E-state index in [0.717, 1.165) is 25.9 Å². The molecule has 0 bridgehead atoms. The molecule has 3 heterocycles. The Kier molecular flexibility index (Phi) is 5.11. The summed E-state index contributed by atoms with van der Waals surface area (Å²) in [5.74, 6) is -0.126. The van der Waals surface area contributed by atoms with Crippen LogP contribution >= 0.6 is 0 Å². The second-order valence-corrected chi connectivity index (χ2v) is 6.93. The van der Waals surface area contributed by atoms with Gasteiger partial charge in [-0.2, -0.15) is 10.1 Å². The van der Waals surface area contributed by atoms with Gasteiger partial charge in [-0.15, -0.1) is 0 Å². The number of aromatic nitrogens is 4. The van der Waals surface area contributed by atoms with Gasteiger partial charge in [0, 0.05) is 43.0 Å². The zero-order valence-electron chi connectivity index (χ0n) is 16.1. The van der Waals surface area contributed by atoms with E-state index in [-0.39, 0.29) is 11.5 Å². The fourth-order valence-corrected chi connectivity index (χ4v) is 3.38. The number of aryl methyl sites for hydroxylation is 1. The van der Waals surface area contributed by atoms with Crippen molar-refractivity contribution in [2.75, 3.05) is 29.0 Å². The molecule has 0 aliphatic carbocycles. The van der Waals surface area contributed by atoms with Gasteiger partial charge < -0.3 is 16.0 Å². The summed E-state index contributed by atoms with van der Waals surface area (Å²) in [6.07, 6.45) is 5.46. The lowest BCUT2D eigenvalue weighted by Crippen LogP contribution is -2.20. The number of carbonyl (C=O) groups excluding carboxylic acids is 1. The van der Waals surface area contributed by atoms with Crippen LogP contribution in [0.3, 0.4) is 0 Å². The van der Waals surface area contributed by atoms with E-state index < -0.39 is 11.7 Å². The molecule has 1 aliphatic rings. The highest BCUT2D eigenvalue weighted by Crippen LogP contribution is 2.26. The molecule has 1 aliphatic heterocycles. The summed E-state index contributed by atoms with van der Waals surface area (Å²) in [5.41, 5.74) is 7.56. The minimum absolute atomic E-state index is 0.117. The van der Waals surface area contributed by atoms with E-state index >= 15 is 0 Å². The number of benzene rings is 1.